The first kappa shape index (κ1) is 14.1. The molecule has 2 unspecified atom stereocenters. The summed E-state index contributed by atoms with van der Waals surface area (Å²) >= 11 is 0. The summed E-state index contributed by atoms with van der Waals surface area (Å²) in [7, 11) is -4.24. The Labute approximate surface area is 118 Å². The Kier molecular flexibility index (Phi) is 3.47. The SMILES string of the molecule is Nc1ncnc2c1ncn2C1C=CC(OCP(=O)(O)O)O1. The number of nitrogens with zero attached hydrogens (tertiary/aromatic N) is 4. The molecular formula is C10H12N5O5P. The molecule has 0 amide bonds. The normalized spacial score (nSPS) is 22.2. The summed E-state index contributed by atoms with van der Waals surface area (Å²) in [6, 6.07) is 0. The van der Waals surface area contributed by atoms with Crippen LogP contribution >= 0.6 is 7.60 Å². The molecule has 3 rings (SSSR count). The molecule has 1 aliphatic rings. The Morgan fingerprint density at radius 2 is 2.19 bits per heavy atom. The van der Waals surface area contributed by atoms with E-state index < -0.39 is 26.5 Å². The van der Waals surface area contributed by atoms with Crippen LogP contribution in [0.4, 0.5) is 5.82 Å². The van der Waals surface area contributed by atoms with Gasteiger partial charge in [0.2, 0.25) is 0 Å². The molecule has 0 aromatic carbocycles. The minimum atomic E-state index is -4.24. The van der Waals surface area contributed by atoms with Gasteiger partial charge < -0.3 is 25.0 Å². The molecular weight excluding hydrogens is 301 g/mol. The van der Waals surface area contributed by atoms with Gasteiger partial charge in [-0.15, -0.1) is 0 Å². The third-order valence-corrected chi connectivity index (χ3v) is 3.26. The third kappa shape index (κ3) is 2.94. The molecule has 3 heterocycles. The largest absolute Gasteiger partial charge is 0.382 e. The van der Waals surface area contributed by atoms with Crippen LogP contribution in [0.15, 0.2) is 24.8 Å². The van der Waals surface area contributed by atoms with Crippen LogP contribution in [0.3, 0.4) is 0 Å². The summed E-state index contributed by atoms with van der Waals surface area (Å²) in [5.41, 5.74) is 6.64. The zero-order valence-electron chi connectivity index (χ0n) is 10.6. The van der Waals surface area contributed by atoms with Crippen molar-refractivity contribution in [3.63, 3.8) is 0 Å². The van der Waals surface area contributed by atoms with Gasteiger partial charge in [0.15, 0.2) is 30.3 Å². The van der Waals surface area contributed by atoms with Crippen LogP contribution in [0.5, 0.6) is 0 Å². The number of fused-ring (bicyclic) bond motifs is 1. The van der Waals surface area contributed by atoms with Crippen LogP contribution in [0.25, 0.3) is 11.2 Å². The minimum absolute atomic E-state index is 0.259. The third-order valence-electron chi connectivity index (χ3n) is 2.77. The molecule has 112 valence electrons. The minimum Gasteiger partial charge on any atom is -0.382 e. The second kappa shape index (κ2) is 5.17. The van der Waals surface area contributed by atoms with Crippen LogP contribution < -0.4 is 5.73 Å². The standard InChI is InChI=1S/C10H12N5O5P/c11-9-8-10(13-3-12-9)15(4-14-8)6-1-2-7(20-6)19-5-21(16,17)18/h1-4,6-7H,5H2,(H2,11,12,13)(H2,16,17,18). The van der Waals surface area contributed by atoms with Gasteiger partial charge in [0.05, 0.1) is 6.33 Å². The van der Waals surface area contributed by atoms with E-state index in [0.29, 0.717) is 11.2 Å². The maximum Gasteiger partial charge on any atom is 0.351 e. The molecule has 11 heteroatoms. The van der Waals surface area contributed by atoms with Crippen molar-refractivity contribution < 1.29 is 23.8 Å². The van der Waals surface area contributed by atoms with E-state index in [4.69, 9.17) is 25.0 Å². The van der Waals surface area contributed by atoms with E-state index in [-0.39, 0.29) is 5.82 Å². The first-order valence-corrected chi connectivity index (χ1v) is 7.67. The Hall–Kier alpha value is -1.84. The lowest BCUT2D eigenvalue weighted by molar-refractivity contribution is -0.125. The molecule has 0 saturated carbocycles. The average molecular weight is 313 g/mol. The Balaban J connectivity index is 1.75. The van der Waals surface area contributed by atoms with Gasteiger partial charge in [0.1, 0.15) is 11.8 Å². The second-order valence-corrected chi connectivity index (χ2v) is 5.91. The second-order valence-electron chi connectivity index (χ2n) is 4.32. The van der Waals surface area contributed by atoms with Crippen molar-refractivity contribution in [3.05, 3.63) is 24.8 Å². The smallest absolute Gasteiger partial charge is 0.351 e. The van der Waals surface area contributed by atoms with Crippen molar-refractivity contribution in [2.24, 2.45) is 0 Å². The number of rotatable bonds is 4. The van der Waals surface area contributed by atoms with Gasteiger partial charge >= 0.3 is 7.60 Å². The quantitative estimate of drug-likeness (QED) is 0.523. The number of anilines is 1. The van der Waals surface area contributed by atoms with Crippen LogP contribution in [-0.4, -0.2) is 41.9 Å². The lowest BCUT2D eigenvalue weighted by Gasteiger charge is -2.16. The highest BCUT2D eigenvalue weighted by Crippen LogP contribution is 2.36. The highest BCUT2D eigenvalue weighted by Gasteiger charge is 2.25. The highest BCUT2D eigenvalue weighted by atomic mass is 31.2. The molecule has 0 aliphatic carbocycles. The van der Waals surface area contributed by atoms with Crippen molar-refractivity contribution in [3.8, 4) is 0 Å². The average Bonchev–Trinajstić information content (AvgIpc) is 3.02. The Bertz CT molecular complexity index is 741. The molecule has 10 nitrogen and oxygen atoms in total. The Morgan fingerprint density at radius 1 is 1.38 bits per heavy atom. The molecule has 0 bridgehead atoms. The van der Waals surface area contributed by atoms with Crippen LogP contribution in [0.1, 0.15) is 6.23 Å². The fourth-order valence-corrected chi connectivity index (χ4v) is 2.23. The summed E-state index contributed by atoms with van der Waals surface area (Å²) in [5.74, 6) is 0.259. The van der Waals surface area contributed by atoms with Crippen molar-refractivity contribution in [1.29, 1.82) is 0 Å². The lowest BCUT2D eigenvalue weighted by Crippen LogP contribution is -2.16. The van der Waals surface area contributed by atoms with Gasteiger partial charge in [-0.2, -0.15) is 0 Å². The van der Waals surface area contributed by atoms with Crippen LogP contribution in [-0.2, 0) is 14.0 Å². The summed E-state index contributed by atoms with van der Waals surface area (Å²) < 4.78 is 22.8. The zero-order chi connectivity index (χ0) is 15.0. The first-order chi connectivity index (χ1) is 9.94. The van der Waals surface area contributed by atoms with Crippen molar-refractivity contribution >= 4 is 24.6 Å². The molecule has 0 saturated heterocycles. The van der Waals surface area contributed by atoms with Gasteiger partial charge in [-0.05, 0) is 12.2 Å². The number of hydrogen-bond acceptors (Lipinski definition) is 7. The summed E-state index contributed by atoms with van der Waals surface area (Å²) in [6.45, 7) is 0. The topological polar surface area (TPSA) is 146 Å². The zero-order valence-corrected chi connectivity index (χ0v) is 11.5. The van der Waals surface area contributed by atoms with Gasteiger partial charge in [-0.3, -0.25) is 9.13 Å². The number of aromatic nitrogens is 4. The molecule has 21 heavy (non-hydrogen) atoms. The first-order valence-electron chi connectivity index (χ1n) is 5.87. The van der Waals surface area contributed by atoms with Crippen molar-refractivity contribution in [2.75, 3.05) is 12.1 Å². The molecule has 0 spiro atoms. The molecule has 0 radical (unpaired) electrons. The predicted molar refractivity (Wildman–Crippen MR) is 70.8 cm³/mol. The van der Waals surface area contributed by atoms with Crippen LogP contribution in [0.2, 0.25) is 0 Å². The van der Waals surface area contributed by atoms with E-state index in [2.05, 4.69) is 15.0 Å². The van der Waals surface area contributed by atoms with E-state index in [0.717, 1.165) is 0 Å². The molecule has 2 aromatic rings. The highest BCUT2D eigenvalue weighted by molar-refractivity contribution is 7.51. The van der Waals surface area contributed by atoms with Crippen LogP contribution in [0, 0.1) is 0 Å². The van der Waals surface area contributed by atoms with E-state index in [1.807, 2.05) is 0 Å². The molecule has 1 aliphatic heterocycles. The maximum atomic E-state index is 10.8. The summed E-state index contributed by atoms with van der Waals surface area (Å²) in [5, 5.41) is 0. The fourth-order valence-electron chi connectivity index (χ4n) is 1.89. The van der Waals surface area contributed by atoms with Gasteiger partial charge in [-0.1, -0.05) is 0 Å². The predicted octanol–water partition coefficient (Wildman–Crippen LogP) is -0.0286. The van der Waals surface area contributed by atoms with Gasteiger partial charge in [0.25, 0.3) is 0 Å². The lowest BCUT2D eigenvalue weighted by atomic mass is 10.4. The molecule has 0 fully saturated rings. The summed E-state index contributed by atoms with van der Waals surface area (Å²) in [4.78, 5) is 29.6. The number of ether oxygens (including phenoxy) is 2. The number of hydrogen-bond donors (Lipinski definition) is 3. The molecule has 2 atom stereocenters. The van der Waals surface area contributed by atoms with E-state index in [1.165, 1.54) is 12.7 Å². The van der Waals surface area contributed by atoms with Gasteiger partial charge in [0, 0.05) is 0 Å². The Morgan fingerprint density at radius 3 is 2.95 bits per heavy atom. The number of imidazole rings is 1. The maximum absolute atomic E-state index is 10.8. The number of nitrogen functional groups attached to an aromatic ring is 1. The fraction of sp³-hybridized carbons (Fsp3) is 0.300. The monoisotopic (exact) mass is 313 g/mol. The molecule has 4 N–H and O–H groups in total. The van der Waals surface area contributed by atoms with Crippen molar-refractivity contribution in [1.82, 2.24) is 19.5 Å². The molecule has 2 aromatic heterocycles. The number of nitrogens with two attached hydrogens (primary N) is 1. The van der Waals surface area contributed by atoms with E-state index in [1.54, 1.807) is 16.7 Å². The van der Waals surface area contributed by atoms with Crippen molar-refractivity contribution in [2.45, 2.75) is 12.5 Å². The van der Waals surface area contributed by atoms with E-state index in [9.17, 15) is 4.57 Å². The summed E-state index contributed by atoms with van der Waals surface area (Å²) in [6.07, 6.45) is 3.92. The van der Waals surface area contributed by atoms with Gasteiger partial charge in [-0.25, -0.2) is 15.0 Å². The van der Waals surface area contributed by atoms with E-state index >= 15 is 0 Å².